The van der Waals surface area contributed by atoms with Gasteiger partial charge in [0.1, 0.15) is 0 Å². The van der Waals surface area contributed by atoms with E-state index in [4.69, 9.17) is 4.42 Å². The molecule has 15 heavy (non-hydrogen) atoms. The van der Waals surface area contributed by atoms with Crippen LogP contribution in [0, 0.1) is 0 Å². The van der Waals surface area contributed by atoms with Crippen LogP contribution in [-0.4, -0.2) is 40.8 Å². The Morgan fingerprint density at radius 3 is 2.93 bits per heavy atom. The highest BCUT2D eigenvalue weighted by atomic mass is 16.4. The predicted octanol–water partition coefficient (Wildman–Crippen LogP) is 0.426. The Hall–Kier alpha value is -0.940. The third-order valence-electron chi connectivity index (χ3n) is 2.79. The van der Waals surface area contributed by atoms with Gasteiger partial charge in [-0.25, -0.2) is 0 Å². The molecule has 1 aromatic heterocycles. The summed E-state index contributed by atoms with van der Waals surface area (Å²) in [7, 11) is 0. The fraction of sp³-hybridized carbons (Fsp3) is 0.800. The van der Waals surface area contributed by atoms with Gasteiger partial charge in [-0.3, -0.25) is 4.90 Å². The molecular formula is C10H18N4O. The Labute approximate surface area is 89.9 Å². The summed E-state index contributed by atoms with van der Waals surface area (Å²) in [6.07, 6.45) is 0.810. The molecule has 0 radical (unpaired) electrons. The maximum atomic E-state index is 5.50. The Balaban J connectivity index is 1.95. The van der Waals surface area contributed by atoms with Gasteiger partial charge >= 0.3 is 0 Å². The number of aryl methyl sites for hydroxylation is 1. The predicted molar refractivity (Wildman–Crippen MR) is 56.4 cm³/mol. The number of rotatable bonds is 3. The van der Waals surface area contributed by atoms with Crippen LogP contribution < -0.4 is 5.32 Å². The highest BCUT2D eigenvalue weighted by Gasteiger charge is 2.19. The summed E-state index contributed by atoms with van der Waals surface area (Å²) in [4.78, 5) is 2.36. The van der Waals surface area contributed by atoms with Crippen LogP contribution in [0.5, 0.6) is 0 Å². The van der Waals surface area contributed by atoms with Crippen molar-refractivity contribution in [1.82, 2.24) is 20.4 Å². The number of hydrogen-bond acceptors (Lipinski definition) is 5. The maximum absolute atomic E-state index is 5.50. The highest BCUT2D eigenvalue weighted by Crippen LogP contribution is 2.09. The van der Waals surface area contributed by atoms with E-state index in [1.165, 1.54) is 0 Å². The minimum atomic E-state index is 0.538. The Morgan fingerprint density at radius 1 is 1.47 bits per heavy atom. The van der Waals surface area contributed by atoms with Gasteiger partial charge in [-0.05, 0) is 6.92 Å². The molecule has 1 aromatic rings. The van der Waals surface area contributed by atoms with E-state index in [2.05, 4.69) is 27.3 Å². The molecule has 0 spiro atoms. The summed E-state index contributed by atoms with van der Waals surface area (Å²) in [5.41, 5.74) is 0. The number of aromatic nitrogens is 2. The first-order valence-electron chi connectivity index (χ1n) is 5.55. The van der Waals surface area contributed by atoms with E-state index in [9.17, 15) is 0 Å². The van der Waals surface area contributed by atoms with E-state index in [-0.39, 0.29) is 0 Å². The van der Waals surface area contributed by atoms with Crippen LogP contribution in [0.2, 0.25) is 0 Å². The number of hydrogen-bond donors (Lipinski definition) is 1. The van der Waals surface area contributed by atoms with E-state index >= 15 is 0 Å². The monoisotopic (exact) mass is 210 g/mol. The average Bonchev–Trinajstić information content (AvgIpc) is 2.69. The zero-order chi connectivity index (χ0) is 10.7. The normalized spacial score (nSPS) is 23.2. The summed E-state index contributed by atoms with van der Waals surface area (Å²) in [5, 5.41) is 11.4. The summed E-state index contributed by atoms with van der Waals surface area (Å²) < 4.78 is 5.50. The van der Waals surface area contributed by atoms with Gasteiger partial charge < -0.3 is 9.73 Å². The van der Waals surface area contributed by atoms with Gasteiger partial charge in [-0.1, -0.05) is 6.92 Å². The molecule has 2 heterocycles. The summed E-state index contributed by atoms with van der Waals surface area (Å²) in [6.45, 7) is 8.13. The van der Waals surface area contributed by atoms with Crippen LogP contribution in [0.1, 0.15) is 25.6 Å². The molecule has 84 valence electrons. The van der Waals surface area contributed by atoms with Crippen molar-refractivity contribution in [3.8, 4) is 0 Å². The largest absolute Gasteiger partial charge is 0.424 e. The summed E-state index contributed by atoms with van der Waals surface area (Å²) in [6, 6.07) is 0.538. The lowest BCUT2D eigenvalue weighted by molar-refractivity contribution is 0.150. The number of nitrogens with one attached hydrogen (secondary N) is 1. The van der Waals surface area contributed by atoms with Crippen molar-refractivity contribution in [2.24, 2.45) is 0 Å². The van der Waals surface area contributed by atoms with Gasteiger partial charge in [0.05, 0.1) is 6.54 Å². The van der Waals surface area contributed by atoms with Crippen LogP contribution >= 0.6 is 0 Å². The standard InChI is InChI=1S/C10H18N4O/c1-3-9-12-13-10(15-9)7-14-5-4-11-6-8(14)2/h8,11H,3-7H2,1-2H3. The van der Waals surface area contributed by atoms with E-state index < -0.39 is 0 Å². The van der Waals surface area contributed by atoms with E-state index in [0.29, 0.717) is 6.04 Å². The topological polar surface area (TPSA) is 54.2 Å². The molecule has 1 N–H and O–H groups in total. The molecule has 0 aromatic carbocycles. The minimum Gasteiger partial charge on any atom is -0.424 e. The van der Waals surface area contributed by atoms with Crippen molar-refractivity contribution < 1.29 is 4.42 Å². The number of piperazine rings is 1. The first-order chi connectivity index (χ1) is 7.29. The molecule has 0 bridgehead atoms. The molecular weight excluding hydrogens is 192 g/mol. The third kappa shape index (κ3) is 2.54. The van der Waals surface area contributed by atoms with Gasteiger partial charge in [0.25, 0.3) is 0 Å². The van der Waals surface area contributed by atoms with Crippen molar-refractivity contribution in [3.05, 3.63) is 11.8 Å². The average molecular weight is 210 g/mol. The first-order valence-corrected chi connectivity index (χ1v) is 5.55. The lowest BCUT2D eigenvalue weighted by Crippen LogP contribution is -2.49. The molecule has 2 rings (SSSR count). The van der Waals surface area contributed by atoms with Crippen LogP contribution in [0.3, 0.4) is 0 Å². The van der Waals surface area contributed by atoms with Crippen LogP contribution in [0.4, 0.5) is 0 Å². The Morgan fingerprint density at radius 2 is 2.27 bits per heavy atom. The quantitative estimate of drug-likeness (QED) is 0.784. The first kappa shape index (κ1) is 10.6. The lowest BCUT2D eigenvalue weighted by Gasteiger charge is -2.32. The van der Waals surface area contributed by atoms with Gasteiger partial charge in [-0.2, -0.15) is 0 Å². The van der Waals surface area contributed by atoms with Gasteiger partial charge in [-0.15, -0.1) is 10.2 Å². The summed E-state index contributed by atoms with van der Waals surface area (Å²) in [5.74, 6) is 1.47. The van der Waals surface area contributed by atoms with Gasteiger partial charge in [0, 0.05) is 32.1 Å². The fourth-order valence-corrected chi connectivity index (χ4v) is 1.79. The fourth-order valence-electron chi connectivity index (χ4n) is 1.79. The maximum Gasteiger partial charge on any atom is 0.230 e. The zero-order valence-electron chi connectivity index (χ0n) is 9.36. The second-order valence-corrected chi connectivity index (χ2v) is 3.97. The van der Waals surface area contributed by atoms with Gasteiger partial charge in [0.15, 0.2) is 0 Å². The molecule has 1 aliphatic heterocycles. The van der Waals surface area contributed by atoms with Crippen molar-refractivity contribution in [3.63, 3.8) is 0 Å². The smallest absolute Gasteiger partial charge is 0.230 e. The molecule has 0 saturated carbocycles. The molecule has 0 aliphatic carbocycles. The van der Waals surface area contributed by atoms with E-state index in [1.54, 1.807) is 0 Å². The summed E-state index contributed by atoms with van der Waals surface area (Å²) >= 11 is 0. The Bertz CT molecular complexity index is 312. The minimum absolute atomic E-state index is 0.538. The van der Waals surface area contributed by atoms with Crippen LogP contribution in [-0.2, 0) is 13.0 Å². The van der Waals surface area contributed by atoms with Crippen molar-refractivity contribution in [2.75, 3.05) is 19.6 Å². The van der Waals surface area contributed by atoms with Crippen LogP contribution in [0.25, 0.3) is 0 Å². The third-order valence-corrected chi connectivity index (χ3v) is 2.79. The van der Waals surface area contributed by atoms with Crippen molar-refractivity contribution in [2.45, 2.75) is 32.9 Å². The molecule has 1 atom stereocenters. The number of nitrogens with zero attached hydrogens (tertiary/aromatic N) is 3. The van der Waals surface area contributed by atoms with Crippen molar-refractivity contribution >= 4 is 0 Å². The van der Waals surface area contributed by atoms with E-state index in [0.717, 1.165) is 44.4 Å². The molecule has 1 aliphatic rings. The van der Waals surface area contributed by atoms with Gasteiger partial charge in [0.2, 0.25) is 11.8 Å². The molecule has 5 heteroatoms. The molecule has 1 unspecified atom stereocenters. The molecule has 1 saturated heterocycles. The zero-order valence-corrected chi connectivity index (χ0v) is 9.36. The molecule has 0 amide bonds. The van der Waals surface area contributed by atoms with Crippen molar-refractivity contribution in [1.29, 1.82) is 0 Å². The molecule has 1 fully saturated rings. The van der Waals surface area contributed by atoms with Crippen LogP contribution in [0.15, 0.2) is 4.42 Å². The highest BCUT2D eigenvalue weighted by molar-refractivity contribution is 4.84. The second-order valence-electron chi connectivity index (χ2n) is 3.97. The lowest BCUT2D eigenvalue weighted by atomic mass is 10.2. The second kappa shape index (κ2) is 4.72. The molecule has 5 nitrogen and oxygen atoms in total. The Kier molecular flexibility index (Phi) is 3.33. The SMILES string of the molecule is CCc1nnc(CN2CCNCC2C)o1. The van der Waals surface area contributed by atoms with E-state index in [1.807, 2.05) is 6.92 Å².